The fraction of sp³-hybridized carbons (Fsp3) is 0.308. The van der Waals surface area contributed by atoms with Gasteiger partial charge in [-0.05, 0) is 24.6 Å². The minimum absolute atomic E-state index is 0.0441. The summed E-state index contributed by atoms with van der Waals surface area (Å²) in [6.45, 7) is 0.216. The largest absolute Gasteiger partial charge is 0.416 e. The lowest BCUT2D eigenvalue weighted by Crippen LogP contribution is -2.24. The second-order valence-electron chi connectivity index (χ2n) is 4.39. The number of aliphatic hydroxyl groups is 1. The molecular weight excluding hydrogens is 305 g/mol. The Morgan fingerprint density at radius 3 is 2.71 bits per heavy atom. The van der Waals surface area contributed by atoms with E-state index in [1.807, 2.05) is 0 Å². The van der Waals surface area contributed by atoms with E-state index >= 15 is 0 Å². The van der Waals surface area contributed by atoms with E-state index in [0.717, 1.165) is 23.5 Å². The highest BCUT2D eigenvalue weighted by atomic mass is 32.1. The van der Waals surface area contributed by atoms with Gasteiger partial charge in [-0.25, -0.2) is 0 Å². The van der Waals surface area contributed by atoms with Crippen molar-refractivity contribution in [1.29, 1.82) is 0 Å². The predicted molar refractivity (Wildman–Crippen MR) is 75.3 cm³/mol. The zero-order valence-electron chi connectivity index (χ0n) is 10.8. The van der Waals surface area contributed by atoms with Crippen molar-refractivity contribution in [3.05, 3.63) is 28.6 Å². The summed E-state index contributed by atoms with van der Waals surface area (Å²) in [6.07, 6.45) is -4.05. The number of fused-ring (bicyclic) bond motifs is 1. The molecule has 4 nitrogen and oxygen atoms in total. The standard InChI is InChI=1S/C13H13F3N2O2S/c14-13(15,16)7-2-3-9-8(6-7)10(17)11(21-9)12(20)18-4-1-5-19/h2-3,6,19H,1,4-5,17H2,(H,18,20). The topological polar surface area (TPSA) is 75.4 Å². The average molecular weight is 318 g/mol. The molecule has 1 aromatic heterocycles. The van der Waals surface area contributed by atoms with Crippen LogP contribution in [0.2, 0.25) is 0 Å². The highest BCUT2D eigenvalue weighted by molar-refractivity contribution is 7.21. The second kappa shape index (κ2) is 5.90. The smallest absolute Gasteiger partial charge is 0.397 e. The lowest BCUT2D eigenvalue weighted by Gasteiger charge is -2.06. The number of aliphatic hydroxyl groups excluding tert-OH is 1. The van der Waals surface area contributed by atoms with Crippen molar-refractivity contribution in [2.24, 2.45) is 0 Å². The quantitative estimate of drug-likeness (QED) is 0.759. The molecule has 1 aromatic carbocycles. The summed E-state index contributed by atoms with van der Waals surface area (Å²) in [5.41, 5.74) is 5.03. The van der Waals surface area contributed by atoms with Gasteiger partial charge >= 0.3 is 6.18 Å². The molecule has 114 valence electrons. The molecule has 2 rings (SSSR count). The molecule has 0 saturated carbocycles. The first-order valence-corrected chi connectivity index (χ1v) is 6.94. The van der Waals surface area contributed by atoms with Crippen LogP contribution in [0.5, 0.6) is 0 Å². The number of nitrogen functional groups attached to an aromatic ring is 1. The molecule has 21 heavy (non-hydrogen) atoms. The van der Waals surface area contributed by atoms with E-state index in [-0.39, 0.29) is 29.1 Å². The molecule has 0 aliphatic heterocycles. The van der Waals surface area contributed by atoms with Crippen LogP contribution in [0.15, 0.2) is 18.2 Å². The number of hydrogen-bond acceptors (Lipinski definition) is 4. The van der Waals surface area contributed by atoms with Gasteiger partial charge in [-0.15, -0.1) is 11.3 Å². The third kappa shape index (κ3) is 3.27. The number of alkyl halides is 3. The van der Waals surface area contributed by atoms with Crippen molar-refractivity contribution in [1.82, 2.24) is 5.32 Å². The summed E-state index contributed by atoms with van der Waals surface area (Å²) in [7, 11) is 0. The maximum absolute atomic E-state index is 12.7. The molecule has 4 N–H and O–H groups in total. The zero-order valence-corrected chi connectivity index (χ0v) is 11.6. The molecule has 0 atom stereocenters. The number of hydrogen-bond donors (Lipinski definition) is 3. The van der Waals surface area contributed by atoms with Gasteiger partial charge in [0.1, 0.15) is 4.88 Å². The Hall–Kier alpha value is -1.80. The minimum Gasteiger partial charge on any atom is -0.397 e. The molecule has 0 bridgehead atoms. The first-order chi connectivity index (χ1) is 9.84. The molecule has 0 fully saturated rings. The van der Waals surface area contributed by atoms with Gasteiger partial charge in [0.15, 0.2) is 0 Å². The number of carbonyl (C=O) groups is 1. The Bertz CT molecular complexity index is 667. The molecule has 2 aromatic rings. The first kappa shape index (κ1) is 15.6. The molecule has 0 aliphatic rings. The van der Waals surface area contributed by atoms with E-state index in [9.17, 15) is 18.0 Å². The normalized spacial score (nSPS) is 11.8. The van der Waals surface area contributed by atoms with Gasteiger partial charge in [0.05, 0.1) is 11.3 Å². The van der Waals surface area contributed by atoms with Crippen LogP contribution in [0, 0.1) is 0 Å². The van der Waals surface area contributed by atoms with Crippen LogP contribution in [-0.2, 0) is 6.18 Å². The Kier molecular flexibility index (Phi) is 4.38. The van der Waals surface area contributed by atoms with Crippen LogP contribution in [0.1, 0.15) is 21.7 Å². The van der Waals surface area contributed by atoms with Crippen LogP contribution >= 0.6 is 11.3 Å². The first-order valence-electron chi connectivity index (χ1n) is 6.13. The lowest BCUT2D eigenvalue weighted by molar-refractivity contribution is -0.137. The Balaban J connectivity index is 2.35. The van der Waals surface area contributed by atoms with Crippen LogP contribution in [0.3, 0.4) is 0 Å². The van der Waals surface area contributed by atoms with Gasteiger partial charge in [0.25, 0.3) is 5.91 Å². The molecule has 0 spiro atoms. The molecule has 0 saturated heterocycles. The van der Waals surface area contributed by atoms with Crippen molar-refractivity contribution >= 4 is 33.0 Å². The molecule has 0 aliphatic carbocycles. The fourth-order valence-corrected chi connectivity index (χ4v) is 2.84. The third-order valence-electron chi connectivity index (χ3n) is 2.88. The number of thiophene rings is 1. The second-order valence-corrected chi connectivity index (χ2v) is 5.44. The number of amides is 1. The number of nitrogens with two attached hydrogens (primary N) is 1. The number of anilines is 1. The van der Waals surface area contributed by atoms with E-state index < -0.39 is 17.6 Å². The van der Waals surface area contributed by atoms with Crippen molar-refractivity contribution < 1.29 is 23.1 Å². The number of rotatable bonds is 4. The maximum atomic E-state index is 12.7. The predicted octanol–water partition coefficient (Wildman–Crippen LogP) is 2.61. The summed E-state index contributed by atoms with van der Waals surface area (Å²) in [6, 6.07) is 3.22. The van der Waals surface area contributed by atoms with E-state index in [1.54, 1.807) is 0 Å². The molecular formula is C13H13F3N2O2S. The lowest BCUT2D eigenvalue weighted by atomic mass is 10.1. The van der Waals surface area contributed by atoms with Gasteiger partial charge in [0.2, 0.25) is 0 Å². The summed E-state index contributed by atoms with van der Waals surface area (Å²) < 4.78 is 38.6. The molecule has 0 radical (unpaired) electrons. The van der Waals surface area contributed by atoms with Gasteiger partial charge in [-0.2, -0.15) is 13.2 Å². The molecule has 8 heteroatoms. The Labute approximate surface area is 122 Å². The van der Waals surface area contributed by atoms with Gasteiger partial charge in [0, 0.05) is 23.2 Å². The monoisotopic (exact) mass is 318 g/mol. The number of carbonyl (C=O) groups excluding carboxylic acids is 1. The van der Waals surface area contributed by atoms with Crippen LogP contribution in [0.4, 0.5) is 18.9 Å². The SMILES string of the molecule is Nc1c(C(=O)NCCCO)sc2ccc(C(F)(F)F)cc12. The summed E-state index contributed by atoms with van der Waals surface area (Å²) in [5.74, 6) is -0.448. The van der Waals surface area contributed by atoms with Crippen LogP contribution in [0.25, 0.3) is 10.1 Å². The Morgan fingerprint density at radius 1 is 1.38 bits per heavy atom. The van der Waals surface area contributed by atoms with Crippen molar-refractivity contribution in [2.75, 3.05) is 18.9 Å². The molecule has 0 unspecified atom stereocenters. The van der Waals surface area contributed by atoms with Crippen LogP contribution in [-0.4, -0.2) is 24.2 Å². The molecule has 1 amide bonds. The number of benzene rings is 1. The Morgan fingerprint density at radius 2 is 2.10 bits per heavy atom. The zero-order chi connectivity index (χ0) is 15.6. The van der Waals surface area contributed by atoms with E-state index in [1.165, 1.54) is 6.07 Å². The van der Waals surface area contributed by atoms with Crippen LogP contribution < -0.4 is 11.1 Å². The highest BCUT2D eigenvalue weighted by Crippen LogP contribution is 2.38. The fourth-order valence-electron chi connectivity index (χ4n) is 1.82. The summed E-state index contributed by atoms with van der Waals surface area (Å²) in [5, 5.41) is 11.4. The van der Waals surface area contributed by atoms with E-state index in [4.69, 9.17) is 10.8 Å². The maximum Gasteiger partial charge on any atom is 0.416 e. The summed E-state index contributed by atoms with van der Waals surface area (Å²) >= 11 is 1.04. The minimum atomic E-state index is -4.45. The van der Waals surface area contributed by atoms with E-state index in [2.05, 4.69) is 5.32 Å². The summed E-state index contributed by atoms with van der Waals surface area (Å²) in [4.78, 5) is 12.1. The van der Waals surface area contributed by atoms with Crippen molar-refractivity contribution in [3.63, 3.8) is 0 Å². The molecule has 1 heterocycles. The van der Waals surface area contributed by atoms with E-state index in [0.29, 0.717) is 11.1 Å². The highest BCUT2D eigenvalue weighted by Gasteiger charge is 2.31. The van der Waals surface area contributed by atoms with Crippen molar-refractivity contribution in [3.8, 4) is 0 Å². The average Bonchev–Trinajstić information content (AvgIpc) is 2.75. The van der Waals surface area contributed by atoms with Gasteiger partial charge in [-0.1, -0.05) is 0 Å². The van der Waals surface area contributed by atoms with Gasteiger partial charge in [-0.3, -0.25) is 4.79 Å². The number of nitrogens with one attached hydrogen (secondary N) is 1. The third-order valence-corrected chi connectivity index (χ3v) is 4.07. The number of halogens is 3. The van der Waals surface area contributed by atoms with Crippen molar-refractivity contribution in [2.45, 2.75) is 12.6 Å². The van der Waals surface area contributed by atoms with Gasteiger partial charge < -0.3 is 16.2 Å².